The number of hydrogen-bond acceptors (Lipinski definition) is 6. The minimum Gasteiger partial charge on any atom is -0.378 e. The summed E-state index contributed by atoms with van der Waals surface area (Å²) in [5.41, 5.74) is 4.48. The van der Waals surface area contributed by atoms with Crippen LogP contribution in [0.2, 0.25) is 0 Å². The molecule has 4 rings (SSSR count). The number of carbonyl (C=O) groups excluding carboxylic acids is 1. The summed E-state index contributed by atoms with van der Waals surface area (Å²) >= 11 is 0. The average Bonchev–Trinajstić information content (AvgIpc) is 2.83. The normalized spacial score (nSPS) is 13.7. The Hall–Kier alpha value is -3.29. The summed E-state index contributed by atoms with van der Waals surface area (Å²) in [5.74, 6) is 0.455. The molecule has 0 unspecified atom stereocenters. The molecular formula is C25H29N5O2. The van der Waals surface area contributed by atoms with Crippen LogP contribution in [-0.4, -0.2) is 48.7 Å². The lowest BCUT2D eigenvalue weighted by molar-refractivity contribution is 0.102. The molecule has 1 fully saturated rings. The molecule has 0 saturated carbocycles. The van der Waals surface area contributed by atoms with E-state index in [1.54, 1.807) is 6.20 Å². The number of anilines is 2. The lowest BCUT2D eigenvalue weighted by atomic mass is 10.1. The zero-order chi connectivity index (χ0) is 22.2. The maximum atomic E-state index is 13.0. The highest BCUT2D eigenvalue weighted by atomic mass is 16.5. The first kappa shape index (κ1) is 21.9. The van der Waals surface area contributed by atoms with Crippen LogP contribution in [0.4, 0.5) is 11.6 Å². The number of carbonyl (C=O) groups is 1. The van der Waals surface area contributed by atoms with Crippen LogP contribution in [0.3, 0.4) is 0 Å². The molecule has 2 heterocycles. The molecule has 1 aromatic heterocycles. The highest BCUT2D eigenvalue weighted by Crippen LogP contribution is 2.16. The third-order valence-corrected chi connectivity index (χ3v) is 5.38. The quantitative estimate of drug-likeness (QED) is 0.533. The molecular weight excluding hydrogens is 402 g/mol. The van der Waals surface area contributed by atoms with Gasteiger partial charge < -0.3 is 20.3 Å². The number of aryl methyl sites for hydroxylation is 1. The third-order valence-electron chi connectivity index (χ3n) is 5.38. The summed E-state index contributed by atoms with van der Waals surface area (Å²) < 4.78 is 5.44. The minimum atomic E-state index is -0.196. The number of nitrogens with zero attached hydrogens (tertiary/aromatic N) is 3. The zero-order valence-corrected chi connectivity index (χ0v) is 18.4. The monoisotopic (exact) mass is 431 g/mol. The van der Waals surface area contributed by atoms with Crippen molar-refractivity contribution in [2.45, 2.75) is 19.9 Å². The second-order valence-electron chi connectivity index (χ2n) is 7.87. The molecule has 0 radical (unpaired) electrons. The molecule has 1 aliphatic heterocycles. The van der Waals surface area contributed by atoms with Crippen LogP contribution in [0.5, 0.6) is 0 Å². The van der Waals surface area contributed by atoms with Gasteiger partial charge in [-0.05, 0) is 24.6 Å². The molecule has 32 heavy (non-hydrogen) atoms. The first-order valence-electron chi connectivity index (χ1n) is 11.0. The van der Waals surface area contributed by atoms with Gasteiger partial charge >= 0.3 is 0 Å². The van der Waals surface area contributed by atoms with Crippen LogP contribution in [0.15, 0.2) is 60.8 Å². The summed E-state index contributed by atoms with van der Waals surface area (Å²) in [6, 6.07) is 17.9. The van der Waals surface area contributed by atoms with E-state index in [1.165, 1.54) is 11.1 Å². The molecule has 1 aliphatic rings. The highest BCUT2D eigenvalue weighted by molar-refractivity contribution is 6.04. The van der Waals surface area contributed by atoms with E-state index < -0.39 is 0 Å². The van der Waals surface area contributed by atoms with Gasteiger partial charge in [-0.2, -0.15) is 0 Å². The smallest absolute Gasteiger partial charge is 0.259 e. The second kappa shape index (κ2) is 10.8. The maximum Gasteiger partial charge on any atom is 0.259 e. The number of amides is 1. The molecule has 7 heteroatoms. The van der Waals surface area contributed by atoms with Crippen LogP contribution in [-0.2, 0) is 17.7 Å². The number of rotatable bonds is 8. The molecule has 7 nitrogen and oxygen atoms in total. The Morgan fingerprint density at radius 3 is 2.69 bits per heavy atom. The summed E-state index contributed by atoms with van der Waals surface area (Å²) in [4.78, 5) is 24.3. The summed E-state index contributed by atoms with van der Waals surface area (Å²) in [6.45, 7) is 6.39. The number of benzene rings is 2. The van der Waals surface area contributed by atoms with E-state index in [2.05, 4.69) is 51.7 Å². The van der Waals surface area contributed by atoms with Crippen LogP contribution < -0.4 is 15.5 Å². The Morgan fingerprint density at radius 1 is 1.09 bits per heavy atom. The van der Waals surface area contributed by atoms with Gasteiger partial charge in [0, 0.05) is 44.5 Å². The van der Waals surface area contributed by atoms with E-state index in [0.29, 0.717) is 37.7 Å². The predicted molar refractivity (Wildman–Crippen MR) is 126 cm³/mol. The molecule has 1 amide bonds. The largest absolute Gasteiger partial charge is 0.378 e. The fourth-order valence-corrected chi connectivity index (χ4v) is 3.68. The molecule has 0 spiro atoms. The van der Waals surface area contributed by atoms with Gasteiger partial charge in [-0.15, -0.1) is 0 Å². The van der Waals surface area contributed by atoms with E-state index in [-0.39, 0.29) is 5.91 Å². The van der Waals surface area contributed by atoms with Crippen molar-refractivity contribution >= 4 is 17.5 Å². The van der Waals surface area contributed by atoms with Gasteiger partial charge in [0.15, 0.2) is 0 Å². The Morgan fingerprint density at radius 2 is 1.91 bits per heavy atom. The van der Waals surface area contributed by atoms with E-state index in [4.69, 9.17) is 9.72 Å². The van der Waals surface area contributed by atoms with Crippen molar-refractivity contribution in [1.82, 2.24) is 15.3 Å². The molecule has 166 valence electrons. The van der Waals surface area contributed by atoms with Crippen molar-refractivity contribution in [2.75, 3.05) is 43.1 Å². The lowest BCUT2D eigenvalue weighted by Gasteiger charge is -2.27. The molecule has 0 atom stereocenters. The van der Waals surface area contributed by atoms with E-state index in [9.17, 15) is 4.79 Å². The van der Waals surface area contributed by atoms with E-state index >= 15 is 0 Å². The summed E-state index contributed by atoms with van der Waals surface area (Å²) in [5, 5.41) is 6.41. The van der Waals surface area contributed by atoms with Crippen LogP contribution in [0.25, 0.3) is 0 Å². The topological polar surface area (TPSA) is 79.4 Å². The number of aromatic nitrogens is 2. The number of ether oxygens (including phenoxy) is 1. The third kappa shape index (κ3) is 5.90. The van der Waals surface area contributed by atoms with Gasteiger partial charge in [0.2, 0.25) is 5.95 Å². The number of para-hydroxylation sites is 1. The summed E-state index contributed by atoms with van der Waals surface area (Å²) in [6.07, 6.45) is 2.27. The minimum absolute atomic E-state index is 0.196. The maximum absolute atomic E-state index is 13.0. The van der Waals surface area contributed by atoms with Crippen molar-refractivity contribution in [3.8, 4) is 0 Å². The molecule has 3 aromatic rings. The Labute approximate surface area is 188 Å². The molecule has 2 aromatic carbocycles. The van der Waals surface area contributed by atoms with E-state index in [1.807, 2.05) is 30.3 Å². The van der Waals surface area contributed by atoms with Gasteiger partial charge in [-0.1, -0.05) is 48.0 Å². The Bertz CT molecular complexity index is 1040. The van der Waals surface area contributed by atoms with Crippen molar-refractivity contribution in [3.05, 3.63) is 83.2 Å². The molecule has 0 bridgehead atoms. The predicted octanol–water partition coefficient (Wildman–Crippen LogP) is 3.21. The number of morpholine rings is 1. The lowest BCUT2D eigenvalue weighted by Crippen LogP contribution is -2.37. The van der Waals surface area contributed by atoms with Gasteiger partial charge in [-0.3, -0.25) is 4.79 Å². The zero-order valence-electron chi connectivity index (χ0n) is 18.4. The van der Waals surface area contributed by atoms with Gasteiger partial charge in [0.25, 0.3) is 5.91 Å². The SMILES string of the molecule is Cc1cccc(CNCCc2nc(N3CCOCC3)ncc2C(=O)Nc2ccccc2)c1. The van der Waals surface area contributed by atoms with Crippen LogP contribution in [0.1, 0.15) is 27.2 Å². The van der Waals surface area contributed by atoms with Crippen molar-refractivity contribution in [1.29, 1.82) is 0 Å². The average molecular weight is 432 g/mol. The van der Waals surface area contributed by atoms with Gasteiger partial charge in [0.1, 0.15) is 0 Å². The Balaban J connectivity index is 1.47. The van der Waals surface area contributed by atoms with Gasteiger partial charge in [-0.25, -0.2) is 9.97 Å². The molecule has 0 aliphatic carbocycles. The first-order chi connectivity index (χ1) is 15.7. The van der Waals surface area contributed by atoms with Crippen molar-refractivity contribution < 1.29 is 9.53 Å². The fourth-order valence-electron chi connectivity index (χ4n) is 3.68. The Kier molecular flexibility index (Phi) is 7.42. The fraction of sp³-hybridized carbons (Fsp3) is 0.320. The highest BCUT2D eigenvalue weighted by Gasteiger charge is 2.19. The van der Waals surface area contributed by atoms with E-state index in [0.717, 1.165) is 31.0 Å². The standard InChI is InChI=1S/C25H29N5O2/c1-19-6-5-7-20(16-19)17-26-11-10-23-22(24(31)28-21-8-3-2-4-9-21)18-27-25(29-23)30-12-14-32-15-13-30/h2-9,16,18,26H,10-15,17H2,1H3,(H,28,31). The van der Waals surface area contributed by atoms with Crippen molar-refractivity contribution in [2.24, 2.45) is 0 Å². The number of nitrogens with one attached hydrogen (secondary N) is 2. The molecule has 1 saturated heterocycles. The van der Waals surface area contributed by atoms with Crippen molar-refractivity contribution in [3.63, 3.8) is 0 Å². The van der Waals surface area contributed by atoms with Gasteiger partial charge in [0.05, 0.1) is 24.5 Å². The first-order valence-corrected chi connectivity index (χ1v) is 11.0. The second-order valence-corrected chi connectivity index (χ2v) is 7.87. The number of hydrogen-bond donors (Lipinski definition) is 2. The summed E-state index contributed by atoms with van der Waals surface area (Å²) in [7, 11) is 0. The van der Waals surface area contributed by atoms with Crippen LogP contribution >= 0.6 is 0 Å². The molecule has 2 N–H and O–H groups in total. The van der Waals surface area contributed by atoms with Crippen LogP contribution in [0, 0.1) is 6.92 Å².